The van der Waals surface area contributed by atoms with Gasteiger partial charge in [0.2, 0.25) is 0 Å². The summed E-state index contributed by atoms with van der Waals surface area (Å²) in [6, 6.07) is 7.81. The fraction of sp³-hybridized carbons (Fsp3) is 0.571. The molecule has 88 valence electrons. The predicted octanol–water partition coefficient (Wildman–Crippen LogP) is 3.82. The summed E-state index contributed by atoms with van der Waals surface area (Å²) in [5.74, 6) is 0. The smallest absolute Gasteiger partial charge is 0.0738 e. The zero-order chi connectivity index (χ0) is 11.8. The van der Waals surface area contributed by atoms with Crippen molar-refractivity contribution in [2.75, 3.05) is 0 Å². The fourth-order valence-electron chi connectivity index (χ4n) is 2.71. The highest BCUT2D eigenvalue weighted by atomic mass is 35.5. The quantitative estimate of drug-likeness (QED) is 0.831. The summed E-state index contributed by atoms with van der Waals surface area (Å²) in [6.07, 6.45) is 3.82. The molecule has 0 aliphatic heterocycles. The van der Waals surface area contributed by atoms with Crippen molar-refractivity contribution in [2.45, 2.75) is 45.1 Å². The van der Waals surface area contributed by atoms with E-state index < -0.39 is 5.60 Å². The third-order valence-corrected chi connectivity index (χ3v) is 4.27. The molecule has 0 radical (unpaired) electrons. The Bertz CT molecular complexity index is 386. The van der Waals surface area contributed by atoms with Gasteiger partial charge in [0.1, 0.15) is 0 Å². The molecule has 0 bridgehead atoms. The summed E-state index contributed by atoms with van der Waals surface area (Å²) >= 11 is 5.97. The average Bonchev–Trinajstić information content (AvgIpc) is 2.41. The van der Waals surface area contributed by atoms with Crippen LogP contribution >= 0.6 is 11.6 Å². The van der Waals surface area contributed by atoms with E-state index in [0.717, 1.165) is 29.8 Å². The van der Waals surface area contributed by atoms with E-state index in [4.69, 9.17) is 11.6 Å². The van der Waals surface area contributed by atoms with Crippen LogP contribution in [0.4, 0.5) is 0 Å². The van der Waals surface area contributed by atoms with E-state index in [1.165, 1.54) is 0 Å². The molecule has 2 heteroatoms. The Morgan fingerprint density at radius 2 is 2.06 bits per heavy atom. The molecule has 0 aromatic heterocycles. The van der Waals surface area contributed by atoms with E-state index in [9.17, 15) is 5.11 Å². The van der Waals surface area contributed by atoms with Crippen molar-refractivity contribution in [1.82, 2.24) is 0 Å². The molecule has 1 aromatic carbocycles. The Labute approximate surface area is 102 Å². The Morgan fingerprint density at radius 3 is 2.62 bits per heavy atom. The molecule has 0 amide bonds. The number of aliphatic hydroxyl groups is 1. The van der Waals surface area contributed by atoms with Crippen LogP contribution in [0.5, 0.6) is 0 Å². The highest BCUT2D eigenvalue weighted by molar-refractivity contribution is 6.30. The van der Waals surface area contributed by atoms with E-state index >= 15 is 0 Å². The molecule has 1 N–H and O–H groups in total. The highest BCUT2D eigenvalue weighted by Crippen LogP contribution is 2.47. The summed E-state index contributed by atoms with van der Waals surface area (Å²) in [7, 11) is 0. The van der Waals surface area contributed by atoms with E-state index in [1.54, 1.807) is 0 Å². The third-order valence-electron chi connectivity index (χ3n) is 4.04. The van der Waals surface area contributed by atoms with Crippen molar-refractivity contribution in [3.05, 3.63) is 34.9 Å². The van der Waals surface area contributed by atoms with Crippen LogP contribution in [0, 0.1) is 5.41 Å². The summed E-state index contributed by atoms with van der Waals surface area (Å²) < 4.78 is 0. The van der Waals surface area contributed by atoms with Crippen LogP contribution in [0.3, 0.4) is 0 Å². The number of benzene rings is 1. The van der Waals surface area contributed by atoms with Crippen molar-refractivity contribution in [2.24, 2.45) is 5.41 Å². The maximum atomic E-state index is 10.7. The maximum absolute atomic E-state index is 10.7. The fourth-order valence-corrected chi connectivity index (χ4v) is 2.92. The number of halogens is 1. The lowest BCUT2D eigenvalue weighted by atomic mass is 9.74. The van der Waals surface area contributed by atoms with Gasteiger partial charge in [-0.25, -0.2) is 0 Å². The molecule has 0 saturated heterocycles. The van der Waals surface area contributed by atoms with Crippen LogP contribution in [0.15, 0.2) is 24.3 Å². The standard InChI is InChI=1S/C14H19ClO/c1-13(2)7-4-8-14(13,16)10-11-5-3-6-12(15)9-11/h3,5-6,9,16H,4,7-8,10H2,1-2H3. The molecule has 1 atom stereocenters. The van der Waals surface area contributed by atoms with Gasteiger partial charge in [-0.2, -0.15) is 0 Å². The van der Waals surface area contributed by atoms with Crippen molar-refractivity contribution < 1.29 is 5.11 Å². The second-order valence-electron chi connectivity index (χ2n) is 5.58. The van der Waals surface area contributed by atoms with Gasteiger partial charge in [-0.05, 0) is 42.4 Å². The van der Waals surface area contributed by atoms with Crippen molar-refractivity contribution in [3.8, 4) is 0 Å². The summed E-state index contributed by atoms with van der Waals surface area (Å²) in [5, 5.41) is 11.5. The summed E-state index contributed by atoms with van der Waals surface area (Å²) in [5.41, 5.74) is 0.567. The monoisotopic (exact) mass is 238 g/mol. The first kappa shape index (κ1) is 11.9. The molecule has 1 fully saturated rings. The minimum Gasteiger partial charge on any atom is -0.389 e. The Morgan fingerprint density at radius 1 is 1.31 bits per heavy atom. The molecule has 16 heavy (non-hydrogen) atoms. The van der Waals surface area contributed by atoms with E-state index in [1.807, 2.05) is 24.3 Å². The minimum atomic E-state index is -0.572. The van der Waals surface area contributed by atoms with Gasteiger partial charge in [0.25, 0.3) is 0 Å². The largest absolute Gasteiger partial charge is 0.389 e. The van der Waals surface area contributed by atoms with Crippen LogP contribution in [-0.4, -0.2) is 10.7 Å². The molecule has 1 unspecified atom stereocenters. The molecule has 0 spiro atoms. The van der Waals surface area contributed by atoms with Gasteiger partial charge < -0.3 is 5.11 Å². The summed E-state index contributed by atoms with van der Waals surface area (Å²) in [4.78, 5) is 0. The zero-order valence-corrected chi connectivity index (χ0v) is 10.7. The second kappa shape index (κ2) is 4.05. The highest BCUT2D eigenvalue weighted by Gasteiger charge is 2.47. The lowest BCUT2D eigenvalue weighted by molar-refractivity contribution is -0.0419. The summed E-state index contributed by atoms with van der Waals surface area (Å²) in [6.45, 7) is 4.31. The normalized spacial score (nSPS) is 28.2. The molecule has 1 aliphatic rings. The van der Waals surface area contributed by atoms with Crippen LogP contribution in [0.1, 0.15) is 38.7 Å². The van der Waals surface area contributed by atoms with Crippen LogP contribution < -0.4 is 0 Å². The van der Waals surface area contributed by atoms with E-state index in [0.29, 0.717) is 6.42 Å². The van der Waals surface area contributed by atoms with E-state index in [2.05, 4.69) is 13.8 Å². The maximum Gasteiger partial charge on any atom is 0.0738 e. The first-order valence-corrected chi connectivity index (χ1v) is 6.28. The number of hydrogen-bond acceptors (Lipinski definition) is 1. The predicted molar refractivity (Wildman–Crippen MR) is 67.7 cm³/mol. The molecule has 1 saturated carbocycles. The number of rotatable bonds is 2. The Balaban J connectivity index is 2.21. The van der Waals surface area contributed by atoms with Gasteiger partial charge in [-0.1, -0.05) is 37.6 Å². The molecule has 1 aliphatic carbocycles. The number of hydrogen-bond donors (Lipinski definition) is 1. The first-order valence-electron chi connectivity index (χ1n) is 5.90. The minimum absolute atomic E-state index is 0.00924. The lowest BCUT2D eigenvalue weighted by Crippen LogP contribution is -2.41. The van der Waals surface area contributed by atoms with Crippen LogP contribution in [0.25, 0.3) is 0 Å². The average molecular weight is 239 g/mol. The molecular formula is C14H19ClO. The van der Waals surface area contributed by atoms with Crippen LogP contribution in [0.2, 0.25) is 5.02 Å². The molecule has 1 aromatic rings. The van der Waals surface area contributed by atoms with Gasteiger partial charge in [0.05, 0.1) is 5.60 Å². The van der Waals surface area contributed by atoms with E-state index in [-0.39, 0.29) is 5.41 Å². The van der Waals surface area contributed by atoms with Gasteiger partial charge >= 0.3 is 0 Å². The van der Waals surface area contributed by atoms with Gasteiger partial charge in [-0.3, -0.25) is 0 Å². The molecule has 1 nitrogen and oxygen atoms in total. The van der Waals surface area contributed by atoms with Crippen LogP contribution in [-0.2, 0) is 6.42 Å². The van der Waals surface area contributed by atoms with Gasteiger partial charge in [0.15, 0.2) is 0 Å². The van der Waals surface area contributed by atoms with Crippen molar-refractivity contribution in [3.63, 3.8) is 0 Å². The first-order chi connectivity index (χ1) is 7.43. The topological polar surface area (TPSA) is 20.2 Å². The van der Waals surface area contributed by atoms with Crippen molar-refractivity contribution >= 4 is 11.6 Å². The Hall–Kier alpha value is -0.530. The SMILES string of the molecule is CC1(C)CCCC1(O)Cc1cccc(Cl)c1. The third kappa shape index (κ3) is 2.11. The Kier molecular flexibility index (Phi) is 3.02. The second-order valence-corrected chi connectivity index (χ2v) is 6.01. The van der Waals surface area contributed by atoms with Gasteiger partial charge in [0, 0.05) is 11.4 Å². The molecule has 0 heterocycles. The lowest BCUT2D eigenvalue weighted by Gasteiger charge is -2.37. The van der Waals surface area contributed by atoms with Gasteiger partial charge in [-0.15, -0.1) is 0 Å². The molecule has 2 rings (SSSR count). The molecular weight excluding hydrogens is 220 g/mol. The van der Waals surface area contributed by atoms with Crippen molar-refractivity contribution in [1.29, 1.82) is 0 Å². The zero-order valence-electron chi connectivity index (χ0n) is 9.96.